The summed E-state index contributed by atoms with van der Waals surface area (Å²) in [5, 5.41) is 3.54. The van der Waals surface area contributed by atoms with Gasteiger partial charge in [-0.15, -0.1) is 11.3 Å². The van der Waals surface area contributed by atoms with Crippen LogP contribution in [0.2, 0.25) is 0 Å². The van der Waals surface area contributed by atoms with Gasteiger partial charge in [-0.25, -0.2) is 10.4 Å². The van der Waals surface area contributed by atoms with Crippen LogP contribution < -0.4 is 16.2 Å². The third kappa shape index (κ3) is 3.66. The maximum Gasteiger partial charge on any atom is 0.244 e. The summed E-state index contributed by atoms with van der Waals surface area (Å²) in [7, 11) is 0. The van der Waals surface area contributed by atoms with Gasteiger partial charge in [0.05, 0.1) is 0 Å². The van der Waals surface area contributed by atoms with Crippen LogP contribution in [0.5, 0.6) is 0 Å². The molecule has 1 aliphatic rings. The van der Waals surface area contributed by atoms with Crippen LogP contribution >= 0.6 is 11.3 Å². The number of carbonyl (C=O) groups excluding carboxylic acids is 1. The van der Waals surface area contributed by atoms with Gasteiger partial charge in [-0.05, 0) is 18.9 Å². The first-order valence-electron chi connectivity index (χ1n) is 7.01. The van der Waals surface area contributed by atoms with E-state index in [4.69, 9.17) is 0 Å². The molecule has 1 aromatic carbocycles. The summed E-state index contributed by atoms with van der Waals surface area (Å²) in [6, 6.07) is 10.4. The Morgan fingerprint density at radius 2 is 2.19 bits per heavy atom. The van der Waals surface area contributed by atoms with E-state index in [0.29, 0.717) is 11.2 Å². The molecule has 6 heteroatoms. The Hall–Kier alpha value is -1.76. The first kappa shape index (κ1) is 14.2. The number of carbonyl (C=O) groups is 1. The number of nitrogens with one attached hydrogen (secondary N) is 3. The summed E-state index contributed by atoms with van der Waals surface area (Å²) in [4.78, 5) is 17.5. The standard InChI is InChI=1S/C15H18N4OS/c1-10-7-13(19-18-10)14(20)17-15-16-9-12(21-15)8-11-5-3-2-4-6-11/h2-6,9-10,13,18-19H,7-8H2,1H3,(H,16,17,20). The predicted molar refractivity (Wildman–Crippen MR) is 84.1 cm³/mol. The fourth-order valence-corrected chi connectivity index (χ4v) is 3.17. The SMILES string of the molecule is CC1CC(C(=O)Nc2ncc(Cc3ccccc3)s2)NN1. The quantitative estimate of drug-likeness (QED) is 0.807. The summed E-state index contributed by atoms with van der Waals surface area (Å²) >= 11 is 1.52. The third-order valence-corrected chi connectivity index (χ3v) is 4.33. The van der Waals surface area contributed by atoms with Crippen molar-refractivity contribution in [1.29, 1.82) is 0 Å². The molecule has 0 aliphatic carbocycles. The summed E-state index contributed by atoms with van der Waals surface area (Å²) in [6.45, 7) is 2.04. The summed E-state index contributed by atoms with van der Waals surface area (Å²) in [5.41, 5.74) is 7.28. The Kier molecular flexibility index (Phi) is 4.28. The van der Waals surface area contributed by atoms with Crippen molar-refractivity contribution in [3.63, 3.8) is 0 Å². The first-order chi connectivity index (χ1) is 10.2. The molecule has 0 spiro atoms. The Bertz CT molecular complexity index is 613. The molecule has 2 unspecified atom stereocenters. The number of hydrogen-bond donors (Lipinski definition) is 3. The average Bonchev–Trinajstić information content (AvgIpc) is 3.09. The molecule has 2 heterocycles. The van der Waals surface area contributed by atoms with Crippen LogP contribution in [-0.4, -0.2) is 23.0 Å². The van der Waals surface area contributed by atoms with Crippen LogP contribution in [0.3, 0.4) is 0 Å². The molecule has 1 aromatic heterocycles. The molecule has 2 aromatic rings. The highest BCUT2D eigenvalue weighted by Gasteiger charge is 2.27. The van der Waals surface area contributed by atoms with Gasteiger partial charge >= 0.3 is 0 Å². The van der Waals surface area contributed by atoms with Gasteiger partial charge in [-0.2, -0.15) is 0 Å². The molecular weight excluding hydrogens is 284 g/mol. The van der Waals surface area contributed by atoms with Gasteiger partial charge in [-0.1, -0.05) is 30.3 Å². The number of rotatable bonds is 4. The Labute approximate surface area is 127 Å². The minimum Gasteiger partial charge on any atom is -0.301 e. The van der Waals surface area contributed by atoms with E-state index in [0.717, 1.165) is 17.7 Å². The van der Waals surface area contributed by atoms with Gasteiger partial charge in [-0.3, -0.25) is 10.2 Å². The lowest BCUT2D eigenvalue weighted by Gasteiger charge is -2.07. The lowest BCUT2D eigenvalue weighted by atomic mass is 10.1. The van der Waals surface area contributed by atoms with E-state index in [1.165, 1.54) is 16.9 Å². The molecule has 5 nitrogen and oxygen atoms in total. The maximum atomic E-state index is 12.1. The molecule has 1 aliphatic heterocycles. The molecule has 21 heavy (non-hydrogen) atoms. The van der Waals surface area contributed by atoms with E-state index < -0.39 is 0 Å². The number of anilines is 1. The lowest BCUT2D eigenvalue weighted by molar-refractivity contribution is -0.117. The monoisotopic (exact) mass is 302 g/mol. The molecule has 0 radical (unpaired) electrons. The number of amides is 1. The van der Waals surface area contributed by atoms with E-state index >= 15 is 0 Å². The highest BCUT2D eigenvalue weighted by Crippen LogP contribution is 2.21. The second kappa shape index (κ2) is 6.34. The highest BCUT2D eigenvalue weighted by atomic mass is 32.1. The van der Waals surface area contributed by atoms with Crippen molar-refractivity contribution in [2.75, 3.05) is 5.32 Å². The fourth-order valence-electron chi connectivity index (χ4n) is 2.32. The summed E-state index contributed by atoms with van der Waals surface area (Å²) in [5.74, 6) is -0.0348. The predicted octanol–water partition coefficient (Wildman–Crippen LogP) is 1.93. The minimum absolute atomic E-state index is 0.0348. The molecule has 1 fully saturated rings. The molecule has 1 amide bonds. The van der Waals surface area contributed by atoms with Crippen molar-refractivity contribution in [3.8, 4) is 0 Å². The van der Waals surface area contributed by atoms with Crippen molar-refractivity contribution in [2.24, 2.45) is 0 Å². The zero-order chi connectivity index (χ0) is 14.7. The van der Waals surface area contributed by atoms with E-state index in [9.17, 15) is 4.79 Å². The van der Waals surface area contributed by atoms with Gasteiger partial charge in [0.25, 0.3) is 0 Å². The normalized spacial score (nSPS) is 21.4. The van der Waals surface area contributed by atoms with E-state index in [1.807, 2.05) is 31.3 Å². The van der Waals surface area contributed by atoms with Gasteiger partial charge in [0, 0.05) is 23.5 Å². The van der Waals surface area contributed by atoms with Gasteiger partial charge < -0.3 is 5.32 Å². The van der Waals surface area contributed by atoms with Crippen LogP contribution in [0, 0.1) is 0 Å². The Balaban J connectivity index is 1.59. The highest BCUT2D eigenvalue weighted by molar-refractivity contribution is 7.15. The smallest absolute Gasteiger partial charge is 0.244 e. The molecule has 0 saturated carbocycles. The number of aromatic nitrogens is 1. The molecule has 3 rings (SSSR count). The third-order valence-electron chi connectivity index (χ3n) is 3.41. The number of nitrogens with zero attached hydrogens (tertiary/aromatic N) is 1. The second-order valence-corrected chi connectivity index (χ2v) is 6.38. The van der Waals surface area contributed by atoms with E-state index in [1.54, 1.807) is 0 Å². The zero-order valence-electron chi connectivity index (χ0n) is 11.8. The minimum atomic E-state index is -0.193. The summed E-state index contributed by atoms with van der Waals surface area (Å²) in [6.07, 6.45) is 3.46. The topological polar surface area (TPSA) is 66.0 Å². The Morgan fingerprint density at radius 1 is 1.38 bits per heavy atom. The van der Waals surface area contributed by atoms with Crippen molar-refractivity contribution in [1.82, 2.24) is 15.8 Å². The summed E-state index contributed by atoms with van der Waals surface area (Å²) < 4.78 is 0. The van der Waals surface area contributed by atoms with Gasteiger partial charge in [0.1, 0.15) is 6.04 Å². The van der Waals surface area contributed by atoms with Crippen LogP contribution in [0.4, 0.5) is 5.13 Å². The van der Waals surface area contributed by atoms with Crippen molar-refractivity contribution < 1.29 is 4.79 Å². The van der Waals surface area contributed by atoms with E-state index in [2.05, 4.69) is 33.3 Å². The fraction of sp³-hybridized carbons (Fsp3) is 0.333. The molecular formula is C15H18N4OS. The first-order valence-corrected chi connectivity index (χ1v) is 7.83. The van der Waals surface area contributed by atoms with Gasteiger partial charge in [0.15, 0.2) is 5.13 Å². The number of hydrazine groups is 1. The van der Waals surface area contributed by atoms with Crippen LogP contribution in [-0.2, 0) is 11.2 Å². The van der Waals surface area contributed by atoms with Crippen molar-refractivity contribution >= 4 is 22.4 Å². The molecule has 0 bridgehead atoms. The molecule has 2 atom stereocenters. The van der Waals surface area contributed by atoms with E-state index in [-0.39, 0.29) is 11.9 Å². The largest absolute Gasteiger partial charge is 0.301 e. The molecule has 3 N–H and O–H groups in total. The lowest BCUT2D eigenvalue weighted by Crippen LogP contribution is -2.39. The van der Waals surface area contributed by atoms with Gasteiger partial charge in [0.2, 0.25) is 5.91 Å². The number of hydrogen-bond acceptors (Lipinski definition) is 5. The zero-order valence-corrected chi connectivity index (χ0v) is 12.6. The maximum absolute atomic E-state index is 12.1. The second-order valence-electron chi connectivity index (χ2n) is 5.26. The van der Waals surface area contributed by atoms with Crippen molar-refractivity contribution in [2.45, 2.75) is 31.8 Å². The molecule has 1 saturated heterocycles. The molecule has 110 valence electrons. The van der Waals surface area contributed by atoms with Crippen molar-refractivity contribution in [3.05, 3.63) is 47.0 Å². The van der Waals surface area contributed by atoms with Crippen LogP contribution in [0.1, 0.15) is 23.8 Å². The Morgan fingerprint density at radius 3 is 2.90 bits per heavy atom. The number of thiazole rings is 1. The number of benzene rings is 1. The average molecular weight is 302 g/mol. The van der Waals surface area contributed by atoms with Crippen LogP contribution in [0.15, 0.2) is 36.5 Å². The van der Waals surface area contributed by atoms with Crippen LogP contribution in [0.25, 0.3) is 0 Å².